The number of carbonyl (C=O) groups excluding carboxylic acids is 1. The van der Waals surface area contributed by atoms with Crippen LogP contribution in [0.2, 0.25) is 0 Å². The molecule has 1 saturated heterocycles. The second kappa shape index (κ2) is 7.72. The van der Waals surface area contributed by atoms with Crippen molar-refractivity contribution in [1.29, 1.82) is 0 Å². The molecule has 6 nitrogen and oxygen atoms in total. The van der Waals surface area contributed by atoms with Gasteiger partial charge in [0.15, 0.2) is 5.65 Å². The molecule has 3 heterocycles. The monoisotopic (exact) mass is 377 g/mol. The fourth-order valence-corrected chi connectivity index (χ4v) is 4.14. The molecule has 146 valence electrons. The van der Waals surface area contributed by atoms with Crippen molar-refractivity contribution in [3.05, 3.63) is 65.1 Å². The topological polar surface area (TPSA) is 53.7 Å². The Morgan fingerprint density at radius 3 is 2.79 bits per heavy atom. The Morgan fingerprint density at radius 1 is 1.25 bits per heavy atom. The van der Waals surface area contributed by atoms with Crippen molar-refractivity contribution in [2.24, 2.45) is 0 Å². The molecule has 0 saturated carbocycles. The number of fused-ring (bicyclic) bond motifs is 1. The summed E-state index contributed by atoms with van der Waals surface area (Å²) in [6, 6.07) is 12.0. The predicted molar refractivity (Wildman–Crippen MR) is 109 cm³/mol. The average Bonchev–Trinajstić information content (AvgIpc) is 3.28. The smallest absolute Gasteiger partial charge is 0.227 e. The molecule has 0 aliphatic carbocycles. The number of carbonyl (C=O) groups is 1. The molecule has 0 spiro atoms. The Labute approximate surface area is 165 Å². The first kappa shape index (κ1) is 18.6. The van der Waals surface area contributed by atoms with E-state index in [1.54, 1.807) is 0 Å². The maximum Gasteiger partial charge on any atom is 0.227 e. The summed E-state index contributed by atoms with van der Waals surface area (Å²) in [5, 5.41) is 4.70. The van der Waals surface area contributed by atoms with Crippen molar-refractivity contribution < 1.29 is 4.79 Å². The van der Waals surface area contributed by atoms with Gasteiger partial charge in [-0.15, -0.1) is 0 Å². The van der Waals surface area contributed by atoms with Gasteiger partial charge in [-0.25, -0.2) is 9.50 Å². The van der Waals surface area contributed by atoms with Gasteiger partial charge >= 0.3 is 0 Å². The Bertz CT molecular complexity index is 979. The third kappa shape index (κ3) is 3.64. The number of hydrogen-bond donors (Lipinski definition) is 0. The molecule has 1 fully saturated rings. The van der Waals surface area contributed by atoms with E-state index in [1.165, 1.54) is 0 Å². The lowest BCUT2D eigenvalue weighted by Crippen LogP contribution is -2.33. The van der Waals surface area contributed by atoms with Gasteiger partial charge in [0.05, 0.1) is 23.9 Å². The molecule has 0 bridgehead atoms. The molecule has 0 unspecified atom stereocenters. The summed E-state index contributed by atoms with van der Waals surface area (Å²) in [5.74, 6) is 0.179. The molecule has 1 amide bonds. The van der Waals surface area contributed by atoms with Crippen LogP contribution in [-0.2, 0) is 17.8 Å². The van der Waals surface area contributed by atoms with Gasteiger partial charge in [0, 0.05) is 30.9 Å². The van der Waals surface area contributed by atoms with Gasteiger partial charge in [-0.2, -0.15) is 5.10 Å². The zero-order chi connectivity index (χ0) is 19.7. The lowest BCUT2D eigenvalue weighted by Gasteiger charge is -2.28. The van der Waals surface area contributed by atoms with E-state index in [-0.39, 0.29) is 11.9 Å². The zero-order valence-electron chi connectivity index (χ0n) is 16.8. The van der Waals surface area contributed by atoms with Gasteiger partial charge in [-0.05, 0) is 39.4 Å². The van der Waals surface area contributed by atoms with Crippen molar-refractivity contribution in [2.45, 2.75) is 38.8 Å². The largest absolute Gasteiger partial charge is 0.334 e. The maximum absolute atomic E-state index is 13.1. The molecule has 6 heteroatoms. The van der Waals surface area contributed by atoms with Crippen LogP contribution < -0.4 is 0 Å². The number of nitrogens with zero attached hydrogens (tertiary/aromatic N) is 5. The Balaban J connectivity index is 1.71. The van der Waals surface area contributed by atoms with Gasteiger partial charge in [-0.1, -0.05) is 30.3 Å². The Morgan fingerprint density at radius 2 is 2.04 bits per heavy atom. The van der Waals surface area contributed by atoms with Crippen LogP contribution in [0, 0.1) is 6.92 Å². The van der Waals surface area contributed by atoms with Crippen molar-refractivity contribution in [2.75, 3.05) is 20.6 Å². The number of benzene rings is 1. The lowest BCUT2D eigenvalue weighted by molar-refractivity contribution is -0.131. The number of hydrogen-bond acceptors (Lipinski definition) is 4. The van der Waals surface area contributed by atoms with Gasteiger partial charge in [0.2, 0.25) is 5.91 Å². The van der Waals surface area contributed by atoms with E-state index >= 15 is 0 Å². The highest BCUT2D eigenvalue weighted by atomic mass is 16.2. The number of rotatable bonds is 5. The minimum absolute atomic E-state index is 0.0379. The van der Waals surface area contributed by atoms with Crippen LogP contribution in [0.1, 0.15) is 41.4 Å². The van der Waals surface area contributed by atoms with Crippen molar-refractivity contribution in [1.82, 2.24) is 24.4 Å². The normalized spacial score (nSPS) is 17.0. The summed E-state index contributed by atoms with van der Waals surface area (Å²) in [6.45, 7) is 3.55. The predicted octanol–water partition coefficient (Wildman–Crippen LogP) is 3.01. The summed E-state index contributed by atoms with van der Waals surface area (Å²) in [5.41, 5.74) is 5.07. The van der Waals surface area contributed by atoms with E-state index in [2.05, 4.69) is 24.0 Å². The molecule has 0 N–H and O–H groups in total. The molecule has 28 heavy (non-hydrogen) atoms. The molecule has 1 atom stereocenters. The number of likely N-dealkylation sites (tertiary alicyclic amines) is 1. The third-order valence-corrected chi connectivity index (χ3v) is 5.30. The van der Waals surface area contributed by atoms with E-state index in [0.29, 0.717) is 6.42 Å². The summed E-state index contributed by atoms with van der Waals surface area (Å²) in [6.07, 6.45) is 4.35. The quantitative estimate of drug-likeness (QED) is 0.686. The van der Waals surface area contributed by atoms with Crippen molar-refractivity contribution in [3.8, 4) is 0 Å². The minimum Gasteiger partial charge on any atom is -0.334 e. The highest BCUT2D eigenvalue weighted by molar-refractivity contribution is 5.79. The first-order valence-electron chi connectivity index (χ1n) is 9.85. The van der Waals surface area contributed by atoms with Crippen LogP contribution >= 0.6 is 0 Å². The van der Waals surface area contributed by atoms with Crippen LogP contribution in [0.4, 0.5) is 0 Å². The van der Waals surface area contributed by atoms with E-state index in [0.717, 1.165) is 54.1 Å². The number of aryl methyl sites for hydroxylation is 1. The fourth-order valence-electron chi connectivity index (χ4n) is 4.14. The highest BCUT2D eigenvalue weighted by Gasteiger charge is 2.33. The van der Waals surface area contributed by atoms with E-state index in [4.69, 9.17) is 5.10 Å². The SMILES string of the molecule is Cc1cc2ncc(CN(C)C)c([C@H]3CCCN3C(=O)Cc3ccccc3)n2n1. The van der Waals surface area contributed by atoms with E-state index in [9.17, 15) is 4.79 Å². The Hall–Kier alpha value is -2.73. The number of aromatic nitrogens is 3. The second-order valence-electron chi connectivity index (χ2n) is 7.87. The fraction of sp³-hybridized carbons (Fsp3) is 0.409. The van der Waals surface area contributed by atoms with Gasteiger partial charge in [-0.3, -0.25) is 4.79 Å². The summed E-state index contributed by atoms with van der Waals surface area (Å²) in [7, 11) is 4.10. The molecule has 1 aliphatic rings. The van der Waals surface area contributed by atoms with Gasteiger partial charge in [0.25, 0.3) is 0 Å². The molecule has 1 aromatic carbocycles. The molecule has 3 aromatic rings. The van der Waals surface area contributed by atoms with Crippen LogP contribution in [0.15, 0.2) is 42.6 Å². The van der Waals surface area contributed by atoms with Crippen molar-refractivity contribution >= 4 is 11.6 Å². The van der Waals surface area contributed by atoms with Crippen molar-refractivity contribution in [3.63, 3.8) is 0 Å². The van der Waals surface area contributed by atoms with Crippen LogP contribution in [0.25, 0.3) is 5.65 Å². The first-order chi connectivity index (χ1) is 13.5. The lowest BCUT2D eigenvalue weighted by atomic mass is 10.0. The van der Waals surface area contributed by atoms with Crippen LogP contribution in [0.3, 0.4) is 0 Å². The molecular weight excluding hydrogens is 350 g/mol. The molecule has 1 aliphatic heterocycles. The highest BCUT2D eigenvalue weighted by Crippen LogP contribution is 2.34. The standard InChI is InChI=1S/C22H27N5O/c1-16-12-20-23-14-18(15-25(2)3)22(27(20)24-16)19-10-7-11-26(19)21(28)13-17-8-5-4-6-9-17/h4-6,8-9,12,14,19H,7,10-11,13,15H2,1-3H3/t19-/m1/s1. The third-order valence-electron chi connectivity index (χ3n) is 5.30. The maximum atomic E-state index is 13.1. The molecular formula is C22H27N5O. The number of amides is 1. The van der Waals surface area contributed by atoms with Gasteiger partial charge in [0.1, 0.15) is 0 Å². The summed E-state index contributed by atoms with van der Waals surface area (Å²) in [4.78, 5) is 21.9. The zero-order valence-corrected chi connectivity index (χ0v) is 16.8. The van der Waals surface area contributed by atoms with Gasteiger partial charge < -0.3 is 9.80 Å². The molecule has 0 radical (unpaired) electrons. The van der Waals surface area contributed by atoms with Crippen LogP contribution in [-0.4, -0.2) is 50.9 Å². The minimum atomic E-state index is 0.0379. The Kier molecular flexibility index (Phi) is 5.13. The summed E-state index contributed by atoms with van der Waals surface area (Å²) < 4.78 is 1.95. The second-order valence-corrected chi connectivity index (χ2v) is 7.87. The molecule has 2 aromatic heterocycles. The molecule has 4 rings (SSSR count). The van der Waals surface area contributed by atoms with Crippen LogP contribution in [0.5, 0.6) is 0 Å². The average molecular weight is 377 g/mol. The summed E-state index contributed by atoms with van der Waals surface area (Å²) >= 11 is 0. The van der Waals surface area contributed by atoms with E-state index in [1.807, 2.05) is 58.9 Å². The first-order valence-corrected chi connectivity index (χ1v) is 9.85. The van der Waals surface area contributed by atoms with E-state index < -0.39 is 0 Å².